The van der Waals surface area contributed by atoms with Crippen LogP contribution in [0.1, 0.15) is 26.2 Å². The molecule has 5 heteroatoms. The zero-order chi connectivity index (χ0) is 14.7. The average molecular weight is 286 g/mol. The van der Waals surface area contributed by atoms with Gasteiger partial charge in [-0.25, -0.2) is 9.97 Å². The fraction of sp³-hybridized carbons (Fsp3) is 0.500. The summed E-state index contributed by atoms with van der Waals surface area (Å²) in [7, 11) is 0. The number of nitrogens with zero attached hydrogens (tertiary/aromatic N) is 3. The van der Waals surface area contributed by atoms with Gasteiger partial charge in [-0.3, -0.25) is 0 Å². The zero-order valence-corrected chi connectivity index (χ0v) is 12.5. The highest BCUT2D eigenvalue weighted by Gasteiger charge is 2.22. The summed E-state index contributed by atoms with van der Waals surface area (Å²) < 4.78 is 5.91. The summed E-state index contributed by atoms with van der Waals surface area (Å²) >= 11 is 0. The van der Waals surface area contributed by atoms with E-state index in [1.165, 1.54) is 0 Å². The lowest BCUT2D eigenvalue weighted by Crippen LogP contribution is -2.40. The highest BCUT2D eigenvalue weighted by atomic mass is 16.5. The molecule has 1 unspecified atom stereocenters. The molecule has 0 bridgehead atoms. The van der Waals surface area contributed by atoms with Gasteiger partial charge in [0, 0.05) is 30.8 Å². The fourth-order valence-corrected chi connectivity index (χ4v) is 2.86. The average Bonchev–Trinajstić information content (AvgIpc) is 2.52. The van der Waals surface area contributed by atoms with Gasteiger partial charge < -0.3 is 15.4 Å². The largest absolute Gasteiger partial charge is 0.399 e. The van der Waals surface area contributed by atoms with E-state index in [0.717, 1.165) is 61.4 Å². The lowest BCUT2D eigenvalue weighted by molar-refractivity contribution is 0.0439. The van der Waals surface area contributed by atoms with Crippen molar-refractivity contribution in [1.82, 2.24) is 9.97 Å². The Morgan fingerprint density at radius 2 is 2.29 bits per heavy atom. The molecule has 2 aromatic rings. The number of benzene rings is 1. The van der Waals surface area contributed by atoms with Crippen LogP contribution in [0, 0.1) is 0 Å². The molecule has 2 N–H and O–H groups in total. The maximum Gasteiger partial charge on any atom is 0.140 e. The molecule has 1 aliphatic rings. The predicted octanol–water partition coefficient (Wildman–Crippen LogP) is 2.61. The minimum absolute atomic E-state index is 0.296. The summed E-state index contributed by atoms with van der Waals surface area (Å²) in [6.07, 6.45) is 5.24. The number of hydrogen-bond donors (Lipinski definition) is 1. The van der Waals surface area contributed by atoms with Gasteiger partial charge in [-0.2, -0.15) is 0 Å². The van der Waals surface area contributed by atoms with Gasteiger partial charge in [0.05, 0.1) is 11.6 Å². The molecular weight excluding hydrogens is 264 g/mol. The van der Waals surface area contributed by atoms with Crippen molar-refractivity contribution in [3.63, 3.8) is 0 Å². The molecule has 2 heterocycles. The van der Waals surface area contributed by atoms with E-state index in [1.54, 1.807) is 6.33 Å². The van der Waals surface area contributed by atoms with Crippen LogP contribution in [0.5, 0.6) is 0 Å². The van der Waals surface area contributed by atoms with Crippen LogP contribution < -0.4 is 10.6 Å². The molecule has 0 spiro atoms. The predicted molar refractivity (Wildman–Crippen MR) is 85.4 cm³/mol. The van der Waals surface area contributed by atoms with Crippen LogP contribution in [-0.4, -0.2) is 35.8 Å². The van der Waals surface area contributed by atoms with E-state index in [2.05, 4.69) is 21.8 Å². The maximum absolute atomic E-state index is 5.92. The van der Waals surface area contributed by atoms with E-state index in [1.807, 2.05) is 18.2 Å². The SMILES string of the molecule is CCCOC1CCCN(c2ncnc3ccc(N)cc23)C1. The van der Waals surface area contributed by atoms with Gasteiger partial charge in [0.25, 0.3) is 0 Å². The number of piperidine rings is 1. The molecule has 1 atom stereocenters. The Balaban J connectivity index is 1.87. The lowest BCUT2D eigenvalue weighted by Gasteiger charge is -2.34. The van der Waals surface area contributed by atoms with Crippen molar-refractivity contribution in [3.8, 4) is 0 Å². The normalized spacial score (nSPS) is 19.1. The summed E-state index contributed by atoms with van der Waals surface area (Å²) in [4.78, 5) is 11.1. The highest BCUT2D eigenvalue weighted by Crippen LogP contribution is 2.27. The van der Waals surface area contributed by atoms with Crippen molar-refractivity contribution in [2.75, 3.05) is 30.3 Å². The maximum atomic E-state index is 5.92. The van der Waals surface area contributed by atoms with Gasteiger partial charge in [-0.15, -0.1) is 0 Å². The van der Waals surface area contributed by atoms with Crippen molar-refractivity contribution >= 4 is 22.4 Å². The third-order valence-electron chi connectivity index (χ3n) is 3.87. The third-order valence-corrected chi connectivity index (χ3v) is 3.87. The van der Waals surface area contributed by atoms with Crippen molar-refractivity contribution in [2.45, 2.75) is 32.3 Å². The molecule has 0 radical (unpaired) electrons. The summed E-state index contributed by atoms with van der Waals surface area (Å²) in [5, 5.41) is 1.02. The van der Waals surface area contributed by atoms with E-state index >= 15 is 0 Å². The Hall–Kier alpha value is -1.88. The topological polar surface area (TPSA) is 64.3 Å². The van der Waals surface area contributed by atoms with Crippen LogP contribution in [0.3, 0.4) is 0 Å². The monoisotopic (exact) mass is 286 g/mol. The molecule has 1 aromatic heterocycles. The van der Waals surface area contributed by atoms with E-state index in [4.69, 9.17) is 10.5 Å². The van der Waals surface area contributed by atoms with Crippen LogP contribution in [0.15, 0.2) is 24.5 Å². The molecule has 1 fully saturated rings. The molecule has 112 valence electrons. The number of anilines is 2. The van der Waals surface area contributed by atoms with Crippen molar-refractivity contribution in [1.29, 1.82) is 0 Å². The second kappa shape index (κ2) is 6.26. The Kier molecular flexibility index (Phi) is 4.20. The van der Waals surface area contributed by atoms with E-state index in [0.29, 0.717) is 6.10 Å². The number of aromatic nitrogens is 2. The summed E-state index contributed by atoms with van der Waals surface area (Å²) in [6.45, 7) is 4.87. The fourth-order valence-electron chi connectivity index (χ4n) is 2.86. The minimum Gasteiger partial charge on any atom is -0.399 e. The molecule has 0 saturated carbocycles. The van der Waals surface area contributed by atoms with Gasteiger partial charge in [-0.1, -0.05) is 6.92 Å². The van der Waals surface area contributed by atoms with Crippen LogP contribution in [0.4, 0.5) is 11.5 Å². The minimum atomic E-state index is 0.296. The number of ether oxygens (including phenoxy) is 1. The molecule has 1 aliphatic heterocycles. The van der Waals surface area contributed by atoms with Gasteiger partial charge >= 0.3 is 0 Å². The number of rotatable bonds is 4. The highest BCUT2D eigenvalue weighted by molar-refractivity contribution is 5.91. The molecule has 3 rings (SSSR count). The standard InChI is InChI=1S/C16H22N4O/c1-2-8-21-13-4-3-7-20(10-13)16-14-9-12(17)5-6-15(14)18-11-19-16/h5-6,9,11,13H,2-4,7-8,10,17H2,1H3. The summed E-state index contributed by atoms with van der Waals surface area (Å²) in [6, 6.07) is 5.79. The van der Waals surface area contributed by atoms with Crippen molar-refractivity contribution < 1.29 is 4.74 Å². The smallest absolute Gasteiger partial charge is 0.140 e. The van der Waals surface area contributed by atoms with Crippen LogP contribution in [0.25, 0.3) is 10.9 Å². The van der Waals surface area contributed by atoms with Crippen molar-refractivity contribution in [3.05, 3.63) is 24.5 Å². The van der Waals surface area contributed by atoms with Gasteiger partial charge in [-0.05, 0) is 37.5 Å². The number of nitrogens with two attached hydrogens (primary N) is 1. The van der Waals surface area contributed by atoms with Gasteiger partial charge in [0.15, 0.2) is 0 Å². The second-order valence-corrected chi connectivity index (χ2v) is 5.55. The quantitative estimate of drug-likeness (QED) is 0.875. The van der Waals surface area contributed by atoms with E-state index in [-0.39, 0.29) is 0 Å². The Labute approximate surface area is 125 Å². The first-order valence-electron chi connectivity index (χ1n) is 7.64. The Morgan fingerprint density at radius 3 is 3.14 bits per heavy atom. The first-order chi connectivity index (χ1) is 10.3. The Morgan fingerprint density at radius 1 is 1.38 bits per heavy atom. The number of nitrogen functional groups attached to an aromatic ring is 1. The van der Waals surface area contributed by atoms with Gasteiger partial charge in [0.1, 0.15) is 12.1 Å². The van der Waals surface area contributed by atoms with Crippen LogP contribution in [-0.2, 0) is 4.74 Å². The van der Waals surface area contributed by atoms with E-state index < -0.39 is 0 Å². The van der Waals surface area contributed by atoms with Crippen LogP contribution >= 0.6 is 0 Å². The van der Waals surface area contributed by atoms with Crippen molar-refractivity contribution in [2.24, 2.45) is 0 Å². The first kappa shape index (κ1) is 14.1. The second-order valence-electron chi connectivity index (χ2n) is 5.55. The summed E-state index contributed by atoms with van der Waals surface area (Å²) in [5.74, 6) is 0.970. The molecule has 21 heavy (non-hydrogen) atoms. The molecule has 0 aliphatic carbocycles. The zero-order valence-electron chi connectivity index (χ0n) is 12.5. The summed E-state index contributed by atoms with van der Waals surface area (Å²) in [5.41, 5.74) is 7.60. The molecule has 5 nitrogen and oxygen atoms in total. The first-order valence-corrected chi connectivity index (χ1v) is 7.64. The molecular formula is C16H22N4O. The van der Waals surface area contributed by atoms with Gasteiger partial charge in [0.2, 0.25) is 0 Å². The number of hydrogen-bond acceptors (Lipinski definition) is 5. The molecule has 1 aromatic carbocycles. The lowest BCUT2D eigenvalue weighted by atomic mass is 10.1. The van der Waals surface area contributed by atoms with E-state index in [9.17, 15) is 0 Å². The third kappa shape index (κ3) is 3.08. The molecule has 0 amide bonds. The molecule has 1 saturated heterocycles. The Bertz CT molecular complexity index is 616. The van der Waals surface area contributed by atoms with Crippen LogP contribution in [0.2, 0.25) is 0 Å². The number of fused-ring (bicyclic) bond motifs is 1.